The Morgan fingerprint density at radius 1 is 1.20 bits per heavy atom. The van der Waals surface area contributed by atoms with Gasteiger partial charge in [0.05, 0.1) is 4.90 Å². The van der Waals surface area contributed by atoms with Gasteiger partial charge >= 0.3 is 0 Å². The fourth-order valence-corrected chi connectivity index (χ4v) is 5.26. The third-order valence-corrected chi connectivity index (χ3v) is 7.24. The lowest BCUT2D eigenvalue weighted by molar-refractivity contribution is 0.102. The summed E-state index contributed by atoms with van der Waals surface area (Å²) >= 11 is 1.99. The predicted molar refractivity (Wildman–Crippen MR) is 124 cm³/mol. The van der Waals surface area contributed by atoms with Crippen molar-refractivity contribution in [3.05, 3.63) is 71.8 Å². The molecule has 0 saturated carbocycles. The Hall–Kier alpha value is -2.13. The summed E-state index contributed by atoms with van der Waals surface area (Å²) in [5.74, 6) is 2.00. The second kappa shape index (κ2) is 10.3. The van der Waals surface area contributed by atoms with Gasteiger partial charge in [0.15, 0.2) is 0 Å². The first-order valence-corrected chi connectivity index (χ1v) is 12.4. The van der Waals surface area contributed by atoms with Crippen molar-refractivity contribution in [2.24, 2.45) is 0 Å². The molecule has 1 heterocycles. The van der Waals surface area contributed by atoms with Crippen molar-refractivity contribution in [3.8, 4) is 0 Å². The fourth-order valence-electron chi connectivity index (χ4n) is 3.23. The second-order valence-corrected chi connectivity index (χ2v) is 10.2. The van der Waals surface area contributed by atoms with Gasteiger partial charge in [0.2, 0.25) is 10.0 Å². The molecule has 30 heavy (non-hydrogen) atoms. The molecule has 2 N–H and O–H groups in total. The van der Waals surface area contributed by atoms with Crippen molar-refractivity contribution in [1.82, 2.24) is 9.62 Å². The Kier molecular flexibility index (Phi) is 7.71. The van der Waals surface area contributed by atoms with Crippen LogP contribution in [0.5, 0.6) is 0 Å². The molecule has 0 bridgehead atoms. The summed E-state index contributed by atoms with van der Waals surface area (Å²) < 4.78 is 27.0. The van der Waals surface area contributed by atoms with Gasteiger partial charge in [0.1, 0.15) is 0 Å². The van der Waals surface area contributed by atoms with E-state index in [1.807, 2.05) is 30.8 Å². The highest BCUT2D eigenvalue weighted by Gasteiger charge is 2.16. The zero-order valence-corrected chi connectivity index (χ0v) is 18.7. The first kappa shape index (κ1) is 22.6. The maximum Gasteiger partial charge on any atom is 0.255 e. The summed E-state index contributed by atoms with van der Waals surface area (Å²) in [6.45, 7) is 8.70. The Bertz CT molecular complexity index is 1020. The van der Waals surface area contributed by atoms with Crippen LogP contribution in [0.15, 0.2) is 60.0 Å². The zero-order chi connectivity index (χ0) is 21.6. The summed E-state index contributed by atoms with van der Waals surface area (Å²) in [4.78, 5) is 15.2. The van der Waals surface area contributed by atoms with Crippen LogP contribution in [0, 0.1) is 6.92 Å². The highest BCUT2D eigenvalue weighted by Crippen LogP contribution is 2.21. The van der Waals surface area contributed by atoms with E-state index in [1.54, 1.807) is 12.1 Å². The van der Waals surface area contributed by atoms with Gasteiger partial charge < -0.3 is 5.32 Å². The molecule has 6 nitrogen and oxygen atoms in total. The number of thioether (sulfide) groups is 1. The van der Waals surface area contributed by atoms with Crippen LogP contribution in [0.4, 0.5) is 5.69 Å². The van der Waals surface area contributed by atoms with E-state index in [1.165, 1.54) is 35.3 Å². The quantitative estimate of drug-likeness (QED) is 0.610. The van der Waals surface area contributed by atoms with E-state index in [0.29, 0.717) is 0 Å². The number of benzene rings is 2. The van der Waals surface area contributed by atoms with Crippen LogP contribution in [0.3, 0.4) is 0 Å². The summed E-state index contributed by atoms with van der Waals surface area (Å²) in [6, 6.07) is 12.0. The summed E-state index contributed by atoms with van der Waals surface area (Å²) in [5, 5.41) is 2.89. The number of hydrogen-bond donors (Lipinski definition) is 2. The van der Waals surface area contributed by atoms with Crippen molar-refractivity contribution in [2.75, 3.05) is 36.5 Å². The van der Waals surface area contributed by atoms with Crippen LogP contribution < -0.4 is 10.0 Å². The lowest BCUT2D eigenvalue weighted by Gasteiger charge is -2.26. The molecule has 1 aliphatic rings. The number of amides is 1. The molecule has 0 aliphatic carbocycles. The Morgan fingerprint density at radius 3 is 2.67 bits per heavy atom. The van der Waals surface area contributed by atoms with E-state index in [9.17, 15) is 13.2 Å². The standard InChI is InChI=1S/C22H27N3O3S2/c1-3-9-23-30(27,28)20-6-4-5-19(15-20)22(26)24-21-8-7-18(14-17(21)2)16-25-10-12-29-13-11-25/h3-8,14-15,23H,1,9-13,16H2,2H3,(H,24,26). The molecular formula is C22H27N3O3S2. The van der Waals surface area contributed by atoms with E-state index in [4.69, 9.17) is 0 Å². The number of carbonyl (C=O) groups excluding carboxylic acids is 1. The number of aryl methyl sites for hydroxylation is 1. The number of sulfonamides is 1. The maximum atomic E-state index is 12.7. The number of hydrogen-bond acceptors (Lipinski definition) is 5. The Morgan fingerprint density at radius 2 is 1.97 bits per heavy atom. The molecule has 3 rings (SSSR count). The van der Waals surface area contributed by atoms with Crippen molar-refractivity contribution in [3.63, 3.8) is 0 Å². The van der Waals surface area contributed by atoms with E-state index in [2.05, 4.69) is 27.6 Å². The molecule has 0 spiro atoms. The average Bonchev–Trinajstić information content (AvgIpc) is 2.75. The van der Waals surface area contributed by atoms with E-state index < -0.39 is 10.0 Å². The van der Waals surface area contributed by atoms with E-state index in [-0.39, 0.29) is 22.9 Å². The monoisotopic (exact) mass is 445 g/mol. The number of rotatable bonds is 8. The molecule has 1 saturated heterocycles. The van der Waals surface area contributed by atoms with Gasteiger partial charge in [-0.2, -0.15) is 11.8 Å². The van der Waals surface area contributed by atoms with Crippen molar-refractivity contribution < 1.29 is 13.2 Å². The highest BCUT2D eigenvalue weighted by atomic mass is 32.2. The third-order valence-electron chi connectivity index (χ3n) is 4.87. The normalized spacial score (nSPS) is 15.0. The number of anilines is 1. The van der Waals surface area contributed by atoms with Gasteiger partial charge in [0, 0.05) is 48.9 Å². The first-order valence-electron chi connectivity index (χ1n) is 9.80. The summed E-state index contributed by atoms with van der Waals surface area (Å²) in [5.41, 5.74) is 3.20. The first-order chi connectivity index (χ1) is 14.4. The average molecular weight is 446 g/mol. The SMILES string of the molecule is C=CCNS(=O)(=O)c1cccc(C(=O)Nc2ccc(CN3CCSCC3)cc2C)c1. The molecule has 1 aliphatic heterocycles. The molecule has 0 radical (unpaired) electrons. The highest BCUT2D eigenvalue weighted by molar-refractivity contribution is 7.99. The van der Waals surface area contributed by atoms with Crippen LogP contribution in [0.2, 0.25) is 0 Å². The van der Waals surface area contributed by atoms with Crippen LogP contribution in [-0.4, -0.2) is 50.4 Å². The number of carbonyl (C=O) groups is 1. The second-order valence-electron chi connectivity index (χ2n) is 7.16. The minimum Gasteiger partial charge on any atom is -0.322 e. The molecule has 160 valence electrons. The summed E-state index contributed by atoms with van der Waals surface area (Å²) in [7, 11) is -3.69. The molecule has 2 aromatic rings. The molecule has 1 fully saturated rings. The zero-order valence-electron chi connectivity index (χ0n) is 17.1. The fraction of sp³-hybridized carbons (Fsp3) is 0.318. The molecule has 8 heteroatoms. The van der Waals surface area contributed by atoms with Gasteiger partial charge in [0.25, 0.3) is 5.91 Å². The van der Waals surface area contributed by atoms with Gasteiger partial charge in [-0.25, -0.2) is 13.1 Å². The van der Waals surface area contributed by atoms with Crippen molar-refractivity contribution in [2.45, 2.75) is 18.4 Å². The Balaban J connectivity index is 1.69. The van der Waals surface area contributed by atoms with Gasteiger partial charge in [-0.1, -0.05) is 24.3 Å². The van der Waals surface area contributed by atoms with Crippen molar-refractivity contribution >= 4 is 33.4 Å². The molecular weight excluding hydrogens is 418 g/mol. The van der Waals surface area contributed by atoms with E-state index in [0.717, 1.165) is 30.9 Å². The smallest absolute Gasteiger partial charge is 0.255 e. The molecule has 2 aromatic carbocycles. The maximum absolute atomic E-state index is 12.7. The van der Waals surface area contributed by atoms with Gasteiger partial charge in [-0.05, 0) is 42.3 Å². The lowest BCUT2D eigenvalue weighted by atomic mass is 10.1. The Labute approximate surface area is 182 Å². The lowest BCUT2D eigenvalue weighted by Crippen LogP contribution is -2.31. The number of nitrogens with zero attached hydrogens (tertiary/aromatic N) is 1. The molecule has 0 aromatic heterocycles. The van der Waals surface area contributed by atoms with Crippen LogP contribution >= 0.6 is 11.8 Å². The molecule has 0 unspecified atom stereocenters. The summed E-state index contributed by atoms with van der Waals surface area (Å²) in [6.07, 6.45) is 1.46. The largest absolute Gasteiger partial charge is 0.322 e. The topological polar surface area (TPSA) is 78.5 Å². The van der Waals surface area contributed by atoms with Crippen LogP contribution in [-0.2, 0) is 16.6 Å². The molecule has 0 atom stereocenters. The van der Waals surface area contributed by atoms with E-state index >= 15 is 0 Å². The minimum absolute atomic E-state index is 0.0452. The molecule has 1 amide bonds. The van der Waals surface area contributed by atoms with Crippen LogP contribution in [0.1, 0.15) is 21.5 Å². The van der Waals surface area contributed by atoms with Gasteiger partial charge in [-0.15, -0.1) is 6.58 Å². The van der Waals surface area contributed by atoms with Gasteiger partial charge in [-0.3, -0.25) is 9.69 Å². The third kappa shape index (κ3) is 5.95. The van der Waals surface area contributed by atoms with Crippen LogP contribution in [0.25, 0.3) is 0 Å². The minimum atomic E-state index is -3.69. The number of nitrogens with one attached hydrogen (secondary N) is 2. The van der Waals surface area contributed by atoms with Crippen molar-refractivity contribution in [1.29, 1.82) is 0 Å². The predicted octanol–water partition coefficient (Wildman–Crippen LogP) is 3.26.